The molecule has 0 aliphatic heterocycles. The van der Waals surface area contributed by atoms with Gasteiger partial charge in [-0.1, -0.05) is 6.07 Å². The van der Waals surface area contributed by atoms with E-state index < -0.39 is 5.91 Å². The fourth-order valence-electron chi connectivity index (χ4n) is 1.81. The van der Waals surface area contributed by atoms with E-state index in [9.17, 15) is 4.79 Å². The molecule has 1 aromatic heterocycles. The summed E-state index contributed by atoms with van der Waals surface area (Å²) in [6.45, 7) is 0. The molecule has 2 aromatic rings. The molecule has 4 N–H and O–H groups in total. The predicted octanol–water partition coefficient (Wildman–Crippen LogP) is 1.34. The quantitative estimate of drug-likeness (QED) is 0.738. The third-order valence-corrected chi connectivity index (χ3v) is 2.95. The van der Waals surface area contributed by atoms with Crippen LogP contribution in [0.2, 0.25) is 0 Å². The summed E-state index contributed by atoms with van der Waals surface area (Å²) in [5.74, 6) is 0.128. The van der Waals surface area contributed by atoms with E-state index in [-0.39, 0.29) is 5.69 Å². The van der Waals surface area contributed by atoms with Crippen LogP contribution in [0.15, 0.2) is 30.5 Å². The minimum atomic E-state index is -0.582. The van der Waals surface area contributed by atoms with Crippen LogP contribution in [0.25, 0.3) is 0 Å². The van der Waals surface area contributed by atoms with Crippen molar-refractivity contribution in [2.24, 2.45) is 12.8 Å². The number of nitrogens with two attached hydrogens (primary N) is 1. The molecule has 7 nitrogen and oxygen atoms in total. The molecular weight excluding hydrogens is 290 g/mol. The van der Waals surface area contributed by atoms with Crippen molar-refractivity contribution >= 4 is 34.6 Å². The number of carbonyl (C=O) groups is 1. The average molecular weight is 305 g/mol. The molecule has 0 aliphatic carbocycles. The SMILES string of the molecule is COc1cccc(NC(=S)Nc2cnn(C)c2C(N)=O)c1. The van der Waals surface area contributed by atoms with Crippen molar-refractivity contribution in [3.63, 3.8) is 0 Å². The van der Waals surface area contributed by atoms with E-state index in [4.69, 9.17) is 22.7 Å². The van der Waals surface area contributed by atoms with Crippen molar-refractivity contribution < 1.29 is 9.53 Å². The molecule has 0 bridgehead atoms. The highest BCUT2D eigenvalue weighted by molar-refractivity contribution is 7.80. The van der Waals surface area contributed by atoms with Crippen molar-refractivity contribution in [1.82, 2.24) is 9.78 Å². The summed E-state index contributed by atoms with van der Waals surface area (Å²) >= 11 is 5.20. The first-order valence-electron chi connectivity index (χ1n) is 6.05. The van der Waals surface area contributed by atoms with Gasteiger partial charge in [0.25, 0.3) is 5.91 Å². The van der Waals surface area contributed by atoms with Gasteiger partial charge in [0.1, 0.15) is 11.4 Å². The molecule has 0 fully saturated rings. The van der Waals surface area contributed by atoms with Crippen LogP contribution >= 0.6 is 12.2 Å². The predicted molar refractivity (Wildman–Crippen MR) is 84.6 cm³/mol. The number of hydrogen-bond acceptors (Lipinski definition) is 4. The van der Waals surface area contributed by atoms with Gasteiger partial charge in [-0.3, -0.25) is 9.48 Å². The highest BCUT2D eigenvalue weighted by Gasteiger charge is 2.14. The Morgan fingerprint density at radius 2 is 2.19 bits per heavy atom. The number of hydrogen-bond donors (Lipinski definition) is 3. The molecule has 0 atom stereocenters. The van der Waals surface area contributed by atoms with Gasteiger partial charge in [-0.15, -0.1) is 0 Å². The Labute approximate surface area is 127 Å². The number of rotatable bonds is 4. The van der Waals surface area contributed by atoms with Gasteiger partial charge >= 0.3 is 0 Å². The summed E-state index contributed by atoms with van der Waals surface area (Å²) in [5.41, 5.74) is 6.77. The Balaban J connectivity index is 2.10. The van der Waals surface area contributed by atoms with Crippen LogP contribution in [0.5, 0.6) is 5.75 Å². The number of anilines is 2. The highest BCUT2D eigenvalue weighted by atomic mass is 32.1. The number of nitrogens with zero attached hydrogens (tertiary/aromatic N) is 2. The standard InChI is InChI=1S/C13H15N5O2S/c1-18-11(12(14)19)10(7-15-18)17-13(21)16-8-4-3-5-9(6-8)20-2/h3-7H,1-2H3,(H2,14,19)(H2,16,17,21). The molecule has 0 saturated carbocycles. The van der Waals surface area contributed by atoms with Gasteiger partial charge in [0.05, 0.1) is 19.0 Å². The van der Waals surface area contributed by atoms with Gasteiger partial charge in [-0.25, -0.2) is 0 Å². The van der Waals surface area contributed by atoms with Crippen LogP contribution in [-0.4, -0.2) is 27.9 Å². The number of carbonyl (C=O) groups excluding carboxylic acids is 1. The molecule has 1 heterocycles. The van der Waals surface area contributed by atoms with Gasteiger partial charge in [-0.05, 0) is 24.4 Å². The molecule has 0 radical (unpaired) electrons. The molecule has 0 unspecified atom stereocenters. The zero-order chi connectivity index (χ0) is 15.4. The van der Waals surface area contributed by atoms with E-state index in [0.29, 0.717) is 16.5 Å². The lowest BCUT2D eigenvalue weighted by Crippen LogP contribution is -2.23. The van der Waals surface area contributed by atoms with E-state index in [1.165, 1.54) is 10.9 Å². The first kappa shape index (κ1) is 14.8. The Hall–Kier alpha value is -2.61. The largest absolute Gasteiger partial charge is 0.497 e. The summed E-state index contributed by atoms with van der Waals surface area (Å²) in [5, 5.41) is 10.2. The molecule has 2 rings (SSSR count). The number of aromatic nitrogens is 2. The molecule has 8 heteroatoms. The average Bonchev–Trinajstić information content (AvgIpc) is 2.79. The highest BCUT2D eigenvalue weighted by Crippen LogP contribution is 2.18. The third-order valence-electron chi connectivity index (χ3n) is 2.75. The molecule has 0 spiro atoms. The molecule has 0 saturated heterocycles. The second kappa shape index (κ2) is 6.23. The lowest BCUT2D eigenvalue weighted by Gasteiger charge is -2.11. The number of aryl methyl sites for hydroxylation is 1. The third kappa shape index (κ3) is 3.48. The van der Waals surface area contributed by atoms with Crippen molar-refractivity contribution in [2.45, 2.75) is 0 Å². The van der Waals surface area contributed by atoms with E-state index in [0.717, 1.165) is 5.69 Å². The molecule has 1 aromatic carbocycles. The number of benzene rings is 1. The Morgan fingerprint density at radius 3 is 2.86 bits per heavy atom. The van der Waals surface area contributed by atoms with E-state index >= 15 is 0 Å². The minimum Gasteiger partial charge on any atom is -0.497 e. The zero-order valence-electron chi connectivity index (χ0n) is 11.6. The summed E-state index contributed by atoms with van der Waals surface area (Å²) in [6.07, 6.45) is 1.49. The number of ether oxygens (including phenoxy) is 1. The monoisotopic (exact) mass is 305 g/mol. The number of nitrogens with one attached hydrogen (secondary N) is 2. The van der Waals surface area contributed by atoms with Crippen LogP contribution in [0.3, 0.4) is 0 Å². The minimum absolute atomic E-state index is 0.254. The van der Waals surface area contributed by atoms with Crippen LogP contribution in [-0.2, 0) is 7.05 Å². The second-order valence-electron chi connectivity index (χ2n) is 4.21. The van der Waals surface area contributed by atoms with Crippen LogP contribution < -0.4 is 21.1 Å². The molecule has 1 amide bonds. The normalized spacial score (nSPS) is 10.0. The Morgan fingerprint density at radius 1 is 1.43 bits per heavy atom. The fourth-order valence-corrected chi connectivity index (χ4v) is 2.03. The Kier molecular flexibility index (Phi) is 4.39. The summed E-state index contributed by atoms with van der Waals surface area (Å²) in [4.78, 5) is 11.4. The van der Waals surface area contributed by atoms with Crippen molar-refractivity contribution in [2.75, 3.05) is 17.7 Å². The van der Waals surface area contributed by atoms with Gasteiger partial charge in [0, 0.05) is 18.8 Å². The maximum atomic E-state index is 11.4. The first-order chi connectivity index (χ1) is 10.0. The van der Waals surface area contributed by atoms with Gasteiger partial charge in [0.2, 0.25) is 0 Å². The molecule has 21 heavy (non-hydrogen) atoms. The summed E-state index contributed by atoms with van der Waals surface area (Å²) in [6, 6.07) is 7.30. The van der Waals surface area contributed by atoms with Crippen LogP contribution in [0.4, 0.5) is 11.4 Å². The molecular formula is C13H15N5O2S. The summed E-state index contributed by atoms with van der Waals surface area (Å²) < 4.78 is 6.52. The molecule has 0 aliphatic rings. The number of methoxy groups -OCH3 is 1. The summed E-state index contributed by atoms with van der Waals surface area (Å²) in [7, 11) is 3.22. The first-order valence-corrected chi connectivity index (χ1v) is 6.46. The van der Waals surface area contributed by atoms with Crippen LogP contribution in [0, 0.1) is 0 Å². The van der Waals surface area contributed by atoms with Gasteiger partial charge in [0.15, 0.2) is 5.11 Å². The lowest BCUT2D eigenvalue weighted by atomic mass is 10.3. The topological polar surface area (TPSA) is 94.2 Å². The van der Waals surface area contributed by atoms with Crippen LogP contribution in [0.1, 0.15) is 10.5 Å². The maximum absolute atomic E-state index is 11.4. The number of primary amides is 1. The van der Waals surface area contributed by atoms with Crippen molar-refractivity contribution in [3.05, 3.63) is 36.2 Å². The second-order valence-corrected chi connectivity index (χ2v) is 4.61. The zero-order valence-corrected chi connectivity index (χ0v) is 12.4. The molecule has 110 valence electrons. The maximum Gasteiger partial charge on any atom is 0.269 e. The van der Waals surface area contributed by atoms with Crippen molar-refractivity contribution in [3.8, 4) is 5.75 Å². The fraction of sp³-hybridized carbons (Fsp3) is 0.154. The van der Waals surface area contributed by atoms with E-state index in [1.807, 2.05) is 18.2 Å². The smallest absolute Gasteiger partial charge is 0.269 e. The Bertz CT molecular complexity index is 683. The van der Waals surface area contributed by atoms with Crippen molar-refractivity contribution in [1.29, 1.82) is 0 Å². The van der Waals surface area contributed by atoms with Gasteiger partial charge in [-0.2, -0.15) is 5.10 Å². The van der Waals surface area contributed by atoms with E-state index in [1.54, 1.807) is 20.2 Å². The lowest BCUT2D eigenvalue weighted by molar-refractivity contribution is 0.0992. The number of thiocarbonyl (C=S) groups is 1. The van der Waals surface area contributed by atoms with E-state index in [2.05, 4.69) is 15.7 Å². The number of amides is 1. The van der Waals surface area contributed by atoms with Gasteiger partial charge < -0.3 is 21.1 Å².